The van der Waals surface area contributed by atoms with Gasteiger partial charge in [-0.05, 0) is 64.3 Å². The highest BCUT2D eigenvalue weighted by Crippen LogP contribution is 2.19. The zero-order chi connectivity index (χ0) is 18.3. The lowest BCUT2D eigenvalue weighted by Gasteiger charge is -2.26. The van der Waals surface area contributed by atoms with Gasteiger partial charge in [-0.25, -0.2) is 0 Å². The number of nitrogens with zero attached hydrogens (tertiary/aromatic N) is 1. The van der Waals surface area contributed by atoms with Crippen molar-refractivity contribution in [1.29, 1.82) is 0 Å². The minimum Gasteiger partial charge on any atom is -0.484 e. The minimum atomic E-state index is -0.884. The number of likely N-dealkylation sites (tertiary alicyclic amines) is 1. The predicted molar refractivity (Wildman–Crippen MR) is 96.7 cm³/mol. The number of hydrogen-bond donors (Lipinski definition) is 1. The van der Waals surface area contributed by atoms with Gasteiger partial charge < -0.3 is 19.7 Å². The van der Waals surface area contributed by atoms with Crippen molar-refractivity contribution < 1.29 is 19.1 Å². The molecule has 0 radical (unpaired) electrons. The van der Waals surface area contributed by atoms with Gasteiger partial charge in [0, 0.05) is 25.4 Å². The average Bonchev–Trinajstić information content (AvgIpc) is 2.61. The first-order valence-corrected chi connectivity index (χ1v) is 8.88. The SMILES string of the molecule is CCOC(C)(C)C(=O)Nc1ccc(OCC(=O)N2CCCCC2)cc1. The maximum atomic E-state index is 12.2. The molecular formula is C19H28N2O4. The number of benzene rings is 1. The summed E-state index contributed by atoms with van der Waals surface area (Å²) in [5.74, 6) is 0.422. The molecule has 2 amide bonds. The van der Waals surface area contributed by atoms with Crippen molar-refractivity contribution in [2.24, 2.45) is 0 Å². The predicted octanol–water partition coefficient (Wildman–Crippen LogP) is 2.83. The molecule has 138 valence electrons. The van der Waals surface area contributed by atoms with E-state index in [2.05, 4.69) is 5.32 Å². The molecule has 0 aliphatic carbocycles. The highest BCUT2D eigenvalue weighted by molar-refractivity contribution is 5.96. The molecule has 1 aromatic rings. The number of nitrogens with one attached hydrogen (secondary N) is 1. The summed E-state index contributed by atoms with van der Waals surface area (Å²) in [7, 11) is 0. The summed E-state index contributed by atoms with van der Waals surface area (Å²) in [6.07, 6.45) is 3.33. The van der Waals surface area contributed by atoms with E-state index in [9.17, 15) is 9.59 Å². The Kier molecular flexibility index (Phi) is 6.82. The van der Waals surface area contributed by atoms with Crippen molar-refractivity contribution >= 4 is 17.5 Å². The highest BCUT2D eigenvalue weighted by atomic mass is 16.5. The third-order valence-electron chi connectivity index (χ3n) is 4.24. The van der Waals surface area contributed by atoms with E-state index in [4.69, 9.17) is 9.47 Å². The molecule has 0 atom stereocenters. The average molecular weight is 348 g/mol. The van der Waals surface area contributed by atoms with Crippen LogP contribution in [0.1, 0.15) is 40.0 Å². The maximum absolute atomic E-state index is 12.2. The van der Waals surface area contributed by atoms with Crippen molar-refractivity contribution in [3.05, 3.63) is 24.3 Å². The molecule has 0 saturated carbocycles. The van der Waals surface area contributed by atoms with Crippen LogP contribution < -0.4 is 10.1 Å². The molecular weight excluding hydrogens is 320 g/mol. The van der Waals surface area contributed by atoms with Crippen LogP contribution in [0.2, 0.25) is 0 Å². The maximum Gasteiger partial charge on any atom is 0.260 e. The minimum absolute atomic E-state index is 0.0237. The van der Waals surface area contributed by atoms with Crippen molar-refractivity contribution in [2.75, 3.05) is 31.6 Å². The van der Waals surface area contributed by atoms with Crippen LogP contribution >= 0.6 is 0 Å². The van der Waals surface area contributed by atoms with Gasteiger partial charge in [-0.1, -0.05) is 0 Å². The molecule has 0 aromatic heterocycles. The fraction of sp³-hybridized carbons (Fsp3) is 0.579. The van der Waals surface area contributed by atoms with Crippen LogP contribution in [-0.4, -0.2) is 48.6 Å². The van der Waals surface area contributed by atoms with Crippen molar-refractivity contribution in [2.45, 2.75) is 45.6 Å². The Bertz CT molecular complexity index is 578. The first kappa shape index (κ1) is 19.2. The van der Waals surface area contributed by atoms with Crippen LogP contribution in [0.3, 0.4) is 0 Å². The van der Waals surface area contributed by atoms with Crippen LogP contribution in [0.5, 0.6) is 5.75 Å². The van der Waals surface area contributed by atoms with E-state index in [1.807, 2.05) is 11.8 Å². The first-order valence-electron chi connectivity index (χ1n) is 8.88. The van der Waals surface area contributed by atoms with E-state index in [1.54, 1.807) is 38.1 Å². The Balaban J connectivity index is 1.83. The van der Waals surface area contributed by atoms with E-state index in [1.165, 1.54) is 6.42 Å². The monoisotopic (exact) mass is 348 g/mol. The molecule has 1 aliphatic heterocycles. The van der Waals surface area contributed by atoms with Gasteiger partial charge in [-0.2, -0.15) is 0 Å². The number of piperidine rings is 1. The summed E-state index contributed by atoms with van der Waals surface area (Å²) in [6.45, 7) is 7.48. The topological polar surface area (TPSA) is 67.9 Å². The van der Waals surface area contributed by atoms with Gasteiger partial charge in [-0.3, -0.25) is 9.59 Å². The molecule has 1 aliphatic rings. The van der Waals surface area contributed by atoms with E-state index in [0.717, 1.165) is 25.9 Å². The fourth-order valence-corrected chi connectivity index (χ4v) is 2.72. The summed E-state index contributed by atoms with van der Waals surface area (Å²) >= 11 is 0. The largest absolute Gasteiger partial charge is 0.484 e. The molecule has 1 saturated heterocycles. The van der Waals surface area contributed by atoms with Crippen molar-refractivity contribution in [1.82, 2.24) is 4.90 Å². The van der Waals surface area contributed by atoms with Crippen LogP contribution in [0.25, 0.3) is 0 Å². The molecule has 1 heterocycles. The zero-order valence-electron chi connectivity index (χ0n) is 15.3. The van der Waals surface area contributed by atoms with E-state index >= 15 is 0 Å². The van der Waals surface area contributed by atoms with Crippen LogP contribution in [0.15, 0.2) is 24.3 Å². The summed E-state index contributed by atoms with van der Waals surface area (Å²) in [5.41, 5.74) is -0.224. The lowest BCUT2D eigenvalue weighted by Crippen LogP contribution is -2.39. The molecule has 6 heteroatoms. The van der Waals surface area contributed by atoms with Crippen LogP contribution in [0, 0.1) is 0 Å². The number of anilines is 1. The number of rotatable bonds is 7. The summed E-state index contributed by atoms with van der Waals surface area (Å²) < 4.78 is 11.0. The first-order chi connectivity index (χ1) is 11.9. The van der Waals surface area contributed by atoms with E-state index in [-0.39, 0.29) is 18.4 Å². The van der Waals surface area contributed by atoms with E-state index in [0.29, 0.717) is 18.0 Å². The highest BCUT2D eigenvalue weighted by Gasteiger charge is 2.27. The second-order valence-corrected chi connectivity index (χ2v) is 6.65. The van der Waals surface area contributed by atoms with Gasteiger partial charge in [0.25, 0.3) is 11.8 Å². The number of carbonyl (C=O) groups is 2. The lowest BCUT2D eigenvalue weighted by atomic mass is 10.1. The van der Waals surface area contributed by atoms with Crippen molar-refractivity contribution in [3.63, 3.8) is 0 Å². The standard InChI is InChI=1S/C19H28N2O4/c1-4-25-19(2,3)18(23)20-15-8-10-16(11-9-15)24-14-17(22)21-12-6-5-7-13-21/h8-11H,4-7,12-14H2,1-3H3,(H,20,23). The van der Waals surface area contributed by atoms with Gasteiger partial charge in [0.05, 0.1) is 0 Å². The Hall–Kier alpha value is -2.08. The molecule has 1 fully saturated rings. The number of carbonyl (C=O) groups excluding carboxylic acids is 2. The number of hydrogen-bond acceptors (Lipinski definition) is 4. The third kappa shape index (κ3) is 5.74. The Morgan fingerprint density at radius 3 is 2.36 bits per heavy atom. The van der Waals surface area contributed by atoms with Crippen LogP contribution in [0.4, 0.5) is 5.69 Å². The smallest absolute Gasteiger partial charge is 0.260 e. The molecule has 1 aromatic carbocycles. The van der Waals surface area contributed by atoms with Gasteiger partial charge in [0.2, 0.25) is 0 Å². The summed E-state index contributed by atoms with van der Waals surface area (Å²) in [5, 5.41) is 2.82. The molecule has 1 N–H and O–H groups in total. The molecule has 25 heavy (non-hydrogen) atoms. The Labute approximate surface area is 149 Å². The molecule has 2 rings (SSSR count). The molecule has 0 spiro atoms. The quantitative estimate of drug-likeness (QED) is 0.823. The second-order valence-electron chi connectivity index (χ2n) is 6.65. The summed E-state index contributed by atoms with van der Waals surface area (Å²) in [4.78, 5) is 26.1. The van der Waals surface area contributed by atoms with Gasteiger partial charge in [0.15, 0.2) is 6.61 Å². The van der Waals surface area contributed by atoms with Gasteiger partial charge >= 0.3 is 0 Å². The van der Waals surface area contributed by atoms with E-state index < -0.39 is 5.60 Å². The molecule has 0 bridgehead atoms. The molecule has 6 nitrogen and oxygen atoms in total. The number of amides is 2. The van der Waals surface area contributed by atoms with Crippen LogP contribution in [-0.2, 0) is 14.3 Å². The Morgan fingerprint density at radius 2 is 1.76 bits per heavy atom. The van der Waals surface area contributed by atoms with Gasteiger partial charge in [-0.15, -0.1) is 0 Å². The van der Waals surface area contributed by atoms with Gasteiger partial charge in [0.1, 0.15) is 11.4 Å². The Morgan fingerprint density at radius 1 is 1.12 bits per heavy atom. The third-order valence-corrected chi connectivity index (χ3v) is 4.24. The number of ether oxygens (including phenoxy) is 2. The fourth-order valence-electron chi connectivity index (χ4n) is 2.72. The summed E-state index contributed by atoms with van der Waals surface area (Å²) in [6, 6.07) is 6.99. The second kappa shape index (κ2) is 8.85. The lowest BCUT2D eigenvalue weighted by molar-refractivity contribution is -0.136. The normalized spacial score (nSPS) is 14.9. The zero-order valence-corrected chi connectivity index (χ0v) is 15.3. The van der Waals surface area contributed by atoms with Crippen molar-refractivity contribution in [3.8, 4) is 5.75 Å². The molecule has 0 unspecified atom stereocenters.